The average Bonchev–Trinajstić information content (AvgIpc) is 2.69. The molecule has 20 heavy (non-hydrogen) atoms. The van der Waals surface area contributed by atoms with Gasteiger partial charge in [-0.3, -0.25) is 4.90 Å². The molecule has 0 radical (unpaired) electrons. The molecule has 0 saturated carbocycles. The quantitative estimate of drug-likeness (QED) is 0.820. The molecule has 0 aliphatic carbocycles. The standard InChI is InChI=1S/C16H21ClN2O/c1-11(2)19(9-14-6-5-7-15(17)8-14)10-16-12(3)18-20-13(16)4/h5-8,11H,9-10H2,1-4H3. The van der Waals surface area contributed by atoms with E-state index in [-0.39, 0.29) is 0 Å². The second-order valence-corrected chi connectivity index (χ2v) is 5.87. The van der Waals surface area contributed by atoms with Crippen molar-refractivity contribution in [2.45, 2.75) is 46.8 Å². The lowest BCUT2D eigenvalue weighted by molar-refractivity contribution is 0.202. The van der Waals surface area contributed by atoms with Gasteiger partial charge in [0.25, 0.3) is 0 Å². The summed E-state index contributed by atoms with van der Waals surface area (Å²) in [6, 6.07) is 8.45. The predicted molar refractivity (Wildman–Crippen MR) is 81.8 cm³/mol. The molecular formula is C16H21ClN2O. The van der Waals surface area contributed by atoms with Crippen LogP contribution >= 0.6 is 11.6 Å². The van der Waals surface area contributed by atoms with Crippen LogP contribution in [-0.2, 0) is 13.1 Å². The number of benzene rings is 1. The molecule has 0 bridgehead atoms. The molecule has 0 spiro atoms. The van der Waals surface area contributed by atoms with E-state index in [1.807, 2.05) is 32.0 Å². The number of aromatic nitrogens is 1. The van der Waals surface area contributed by atoms with Gasteiger partial charge in [0.2, 0.25) is 0 Å². The zero-order valence-corrected chi connectivity index (χ0v) is 13.2. The molecule has 0 N–H and O–H groups in total. The van der Waals surface area contributed by atoms with Crippen LogP contribution in [0.3, 0.4) is 0 Å². The lowest BCUT2D eigenvalue weighted by Crippen LogP contribution is -2.30. The summed E-state index contributed by atoms with van der Waals surface area (Å²) in [4.78, 5) is 2.39. The third kappa shape index (κ3) is 3.62. The Bertz CT molecular complexity index is 558. The molecule has 2 aromatic rings. The predicted octanol–water partition coefficient (Wildman–Crippen LogP) is 4.36. The number of hydrogen-bond donors (Lipinski definition) is 0. The molecule has 2 rings (SSSR count). The highest BCUT2D eigenvalue weighted by Crippen LogP contribution is 2.20. The summed E-state index contributed by atoms with van der Waals surface area (Å²) in [5, 5.41) is 4.81. The maximum Gasteiger partial charge on any atom is 0.138 e. The molecule has 0 amide bonds. The summed E-state index contributed by atoms with van der Waals surface area (Å²) >= 11 is 6.06. The van der Waals surface area contributed by atoms with E-state index in [1.165, 1.54) is 11.1 Å². The fourth-order valence-corrected chi connectivity index (χ4v) is 2.43. The first kappa shape index (κ1) is 15.1. The molecule has 0 aliphatic heterocycles. The molecule has 1 heterocycles. The number of rotatable bonds is 5. The highest BCUT2D eigenvalue weighted by molar-refractivity contribution is 6.30. The van der Waals surface area contributed by atoms with E-state index in [1.54, 1.807) is 0 Å². The van der Waals surface area contributed by atoms with Crippen LogP contribution in [0.15, 0.2) is 28.8 Å². The molecule has 4 heteroatoms. The third-order valence-electron chi connectivity index (χ3n) is 3.55. The van der Waals surface area contributed by atoms with Crippen LogP contribution in [0, 0.1) is 13.8 Å². The van der Waals surface area contributed by atoms with Crippen LogP contribution < -0.4 is 0 Å². The van der Waals surface area contributed by atoms with Gasteiger partial charge in [-0.15, -0.1) is 0 Å². The second kappa shape index (κ2) is 6.42. The molecule has 0 fully saturated rings. The van der Waals surface area contributed by atoms with Gasteiger partial charge in [0.05, 0.1) is 5.69 Å². The Morgan fingerprint density at radius 1 is 1.25 bits per heavy atom. The van der Waals surface area contributed by atoms with E-state index in [4.69, 9.17) is 16.1 Å². The molecule has 3 nitrogen and oxygen atoms in total. The van der Waals surface area contributed by atoms with Gasteiger partial charge < -0.3 is 4.52 Å². The Morgan fingerprint density at radius 2 is 2.00 bits per heavy atom. The van der Waals surface area contributed by atoms with Crippen molar-refractivity contribution in [2.75, 3.05) is 0 Å². The number of aryl methyl sites for hydroxylation is 2. The van der Waals surface area contributed by atoms with Crippen LogP contribution in [0.2, 0.25) is 5.02 Å². The zero-order chi connectivity index (χ0) is 14.7. The second-order valence-electron chi connectivity index (χ2n) is 5.43. The van der Waals surface area contributed by atoms with Crippen molar-refractivity contribution in [3.05, 3.63) is 51.9 Å². The molecule has 0 saturated heterocycles. The fourth-order valence-electron chi connectivity index (χ4n) is 2.22. The van der Waals surface area contributed by atoms with Crippen molar-refractivity contribution in [1.82, 2.24) is 10.1 Å². The average molecular weight is 293 g/mol. The maximum absolute atomic E-state index is 6.06. The minimum Gasteiger partial charge on any atom is -0.361 e. The topological polar surface area (TPSA) is 29.3 Å². The van der Waals surface area contributed by atoms with E-state index in [0.717, 1.165) is 29.6 Å². The van der Waals surface area contributed by atoms with E-state index in [9.17, 15) is 0 Å². The van der Waals surface area contributed by atoms with E-state index in [0.29, 0.717) is 6.04 Å². The van der Waals surface area contributed by atoms with Gasteiger partial charge in [0.15, 0.2) is 0 Å². The maximum atomic E-state index is 6.06. The van der Waals surface area contributed by atoms with Gasteiger partial charge in [-0.25, -0.2) is 0 Å². The number of nitrogens with zero attached hydrogens (tertiary/aromatic N) is 2. The van der Waals surface area contributed by atoms with Crippen molar-refractivity contribution >= 4 is 11.6 Å². The molecular weight excluding hydrogens is 272 g/mol. The van der Waals surface area contributed by atoms with Crippen LogP contribution in [-0.4, -0.2) is 16.1 Å². The van der Waals surface area contributed by atoms with Gasteiger partial charge in [-0.05, 0) is 45.4 Å². The lowest BCUT2D eigenvalue weighted by atomic mass is 10.1. The SMILES string of the molecule is Cc1noc(C)c1CN(Cc1cccc(Cl)c1)C(C)C. The Morgan fingerprint density at radius 3 is 2.55 bits per heavy atom. The Hall–Kier alpha value is -1.32. The highest BCUT2D eigenvalue weighted by atomic mass is 35.5. The van der Waals surface area contributed by atoms with Crippen molar-refractivity contribution in [1.29, 1.82) is 0 Å². The van der Waals surface area contributed by atoms with E-state index < -0.39 is 0 Å². The van der Waals surface area contributed by atoms with Crippen molar-refractivity contribution in [3.63, 3.8) is 0 Å². The Balaban J connectivity index is 2.16. The Labute approximate surface area is 125 Å². The Kier molecular flexibility index (Phi) is 4.84. The first-order valence-corrected chi connectivity index (χ1v) is 7.25. The summed E-state index contributed by atoms with van der Waals surface area (Å²) in [7, 11) is 0. The largest absolute Gasteiger partial charge is 0.361 e. The summed E-state index contributed by atoms with van der Waals surface area (Å²) in [5.74, 6) is 0.902. The normalized spacial score (nSPS) is 11.6. The van der Waals surface area contributed by atoms with Gasteiger partial charge >= 0.3 is 0 Å². The molecule has 0 atom stereocenters. The minimum absolute atomic E-state index is 0.433. The molecule has 0 aliphatic rings. The van der Waals surface area contributed by atoms with Gasteiger partial charge in [0, 0.05) is 29.7 Å². The van der Waals surface area contributed by atoms with Crippen molar-refractivity contribution < 1.29 is 4.52 Å². The summed E-state index contributed by atoms with van der Waals surface area (Å²) < 4.78 is 5.25. The first-order chi connectivity index (χ1) is 9.47. The molecule has 108 valence electrons. The molecule has 1 aromatic heterocycles. The van der Waals surface area contributed by atoms with Gasteiger partial charge in [-0.1, -0.05) is 28.9 Å². The van der Waals surface area contributed by atoms with Crippen LogP contribution in [0.4, 0.5) is 0 Å². The van der Waals surface area contributed by atoms with Crippen molar-refractivity contribution in [3.8, 4) is 0 Å². The van der Waals surface area contributed by atoms with E-state index in [2.05, 4.69) is 30.0 Å². The van der Waals surface area contributed by atoms with Gasteiger partial charge in [-0.2, -0.15) is 0 Å². The summed E-state index contributed by atoms with van der Waals surface area (Å²) in [6.45, 7) is 10.1. The smallest absolute Gasteiger partial charge is 0.138 e. The first-order valence-electron chi connectivity index (χ1n) is 6.87. The minimum atomic E-state index is 0.433. The monoisotopic (exact) mass is 292 g/mol. The van der Waals surface area contributed by atoms with E-state index >= 15 is 0 Å². The lowest BCUT2D eigenvalue weighted by Gasteiger charge is -2.26. The fraction of sp³-hybridized carbons (Fsp3) is 0.438. The third-order valence-corrected chi connectivity index (χ3v) is 3.78. The van der Waals surface area contributed by atoms with Crippen molar-refractivity contribution in [2.24, 2.45) is 0 Å². The molecule has 1 aromatic carbocycles. The molecule has 0 unspecified atom stereocenters. The highest BCUT2D eigenvalue weighted by Gasteiger charge is 2.16. The summed E-state index contributed by atoms with van der Waals surface area (Å²) in [5.41, 5.74) is 3.37. The summed E-state index contributed by atoms with van der Waals surface area (Å²) in [6.07, 6.45) is 0. The zero-order valence-electron chi connectivity index (χ0n) is 12.5. The van der Waals surface area contributed by atoms with Crippen LogP contribution in [0.1, 0.15) is 36.4 Å². The van der Waals surface area contributed by atoms with Crippen LogP contribution in [0.5, 0.6) is 0 Å². The number of halogens is 1. The number of hydrogen-bond acceptors (Lipinski definition) is 3. The van der Waals surface area contributed by atoms with Gasteiger partial charge in [0.1, 0.15) is 5.76 Å². The van der Waals surface area contributed by atoms with Crippen LogP contribution in [0.25, 0.3) is 0 Å².